The summed E-state index contributed by atoms with van der Waals surface area (Å²) in [5, 5.41) is 0. The van der Waals surface area contributed by atoms with Gasteiger partial charge in [-0.05, 0) is 54.9 Å². The van der Waals surface area contributed by atoms with Crippen LogP contribution in [0.5, 0.6) is 5.75 Å². The van der Waals surface area contributed by atoms with Crippen molar-refractivity contribution in [1.29, 1.82) is 0 Å². The molecular weight excluding hydrogens is 314 g/mol. The molecule has 4 rings (SSSR count). The van der Waals surface area contributed by atoms with Crippen molar-refractivity contribution in [3.63, 3.8) is 0 Å². The molecule has 0 saturated heterocycles. The fraction of sp³-hybridized carbons (Fsp3) is 0.474. The summed E-state index contributed by atoms with van der Waals surface area (Å²) in [5.74, 6) is -0.237. The number of thiophene rings is 1. The van der Waals surface area contributed by atoms with Gasteiger partial charge in [0.05, 0.1) is 6.61 Å². The van der Waals surface area contributed by atoms with Crippen molar-refractivity contribution < 1.29 is 13.5 Å². The lowest BCUT2D eigenvalue weighted by molar-refractivity contribution is 0.283. The minimum absolute atomic E-state index is 0.0321. The largest absolute Gasteiger partial charge is 0.490 e. The van der Waals surface area contributed by atoms with Gasteiger partial charge >= 0.3 is 0 Å². The Hall–Kier alpha value is -1.42. The summed E-state index contributed by atoms with van der Waals surface area (Å²) in [6, 6.07) is 5.23. The number of rotatable bonds is 5. The molecule has 1 aromatic carbocycles. The van der Waals surface area contributed by atoms with Crippen LogP contribution in [0.1, 0.15) is 36.6 Å². The van der Waals surface area contributed by atoms with Gasteiger partial charge in [0.1, 0.15) is 0 Å². The molecule has 0 radical (unpaired) electrons. The van der Waals surface area contributed by atoms with E-state index in [1.807, 2.05) is 6.07 Å². The van der Waals surface area contributed by atoms with Crippen molar-refractivity contribution in [3.05, 3.63) is 40.3 Å². The Balaban J connectivity index is 1.54. The van der Waals surface area contributed by atoms with Crippen LogP contribution in [0.3, 0.4) is 0 Å². The normalized spacial score (nSPS) is 19.9. The van der Waals surface area contributed by atoms with E-state index in [4.69, 9.17) is 4.74 Å². The summed E-state index contributed by atoms with van der Waals surface area (Å²) in [7, 11) is 0. The first-order valence-corrected chi connectivity index (χ1v) is 9.16. The maximum Gasteiger partial charge on any atom is 0.201 e. The van der Waals surface area contributed by atoms with Crippen LogP contribution < -0.4 is 4.74 Å². The summed E-state index contributed by atoms with van der Waals surface area (Å²) in [5.41, 5.74) is 1.64. The van der Waals surface area contributed by atoms with E-state index in [-0.39, 0.29) is 5.75 Å². The molecule has 2 aliphatic carbocycles. The molecule has 1 aromatic heterocycles. The number of hydrogen-bond acceptors (Lipinski definition) is 2. The fourth-order valence-electron chi connectivity index (χ4n) is 3.28. The Kier molecular flexibility index (Phi) is 3.88. The van der Waals surface area contributed by atoms with Crippen molar-refractivity contribution >= 4 is 11.3 Å². The van der Waals surface area contributed by atoms with Crippen LogP contribution in [0.4, 0.5) is 8.78 Å². The zero-order valence-corrected chi connectivity index (χ0v) is 14.0. The molecule has 0 bridgehead atoms. The average molecular weight is 334 g/mol. The van der Waals surface area contributed by atoms with Crippen LogP contribution in [-0.4, -0.2) is 6.61 Å². The van der Waals surface area contributed by atoms with Gasteiger partial charge < -0.3 is 4.74 Å². The molecule has 122 valence electrons. The Morgan fingerprint density at radius 1 is 1.17 bits per heavy atom. The highest BCUT2D eigenvalue weighted by Gasteiger charge is 2.24. The van der Waals surface area contributed by atoms with Gasteiger partial charge in [-0.15, -0.1) is 11.3 Å². The molecule has 1 saturated carbocycles. The molecule has 0 spiro atoms. The van der Waals surface area contributed by atoms with Gasteiger partial charge in [0.25, 0.3) is 0 Å². The maximum atomic E-state index is 14.4. The van der Waals surface area contributed by atoms with Crippen LogP contribution in [0, 0.1) is 23.5 Å². The maximum absolute atomic E-state index is 14.4. The molecule has 1 nitrogen and oxygen atoms in total. The van der Waals surface area contributed by atoms with E-state index in [2.05, 4.69) is 6.92 Å². The fourth-order valence-corrected chi connectivity index (χ4v) is 4.66. The standard InChI is InChI=1S/C19H20F2OS/c1-11-8-13-10-17(23-16(13)9-11)14-4-5-15(19(21)18(14)20)22-7-6-12-2-3-12/h4-5,10-12H,2-3,6-9H2,1H3. The summed E-state index contributed by atoms with van der Waals surface area (Å²) >= 11 is 1.59. The topological polar surface area (TPSA) is 9.23 Å². The lowest BCUT2D eigenvalue weighted by Gasteiger charge is -2.09. The smallest absolute Gasteiger partial charge is 0.201 e. The van der Waals surface area contributed by atoms with Gasteiger partial charge in [-0.2, -0.15) is 4.39 Å². The predicted octanol–water partition coefficient (Wildman–Crippen LogP) is 5.61. The van der Waals surface area contributed by atoms with Gasteiger partial charge in [-0.1, -0.05) is 19.8 Å². The van der Waals surface area contributed by atoms with Crippen molar-refractivity contribution in [2.24, 2.45) is 11.8 Å². The van der Waals surface area contributed by atoms with Crippen molar-refractivity contribution in [2.45, 2.75) is 39.0 Å². The van der Waals surface area contributed by atoms with Crippen LogP contribution >= 0.6 is 11.3 Å². The number of hydrogen-bond donors (Lipinski definition) is 0. The Bertz CT molecular complexity index is 710. The third-order valence-electron chi connectivity index (χ3n) is 4.79. The first-order chi connectivity index (χ1) is 11.1. The zero-order valence-electron chi connectivity index (χ0n) is 13.2. The highest BCUT2D eigenvalue weighted by molar-refractivity contribution is 7.15. The molecule has 0 N–H and O–H groups in total. The first kappa shape index (κ1) is 15.1. The summed E-state index contributed by atoms with van der Waals surface area (Å²) in [6.45, 7) is 2.69. The Morgan fingerprint density at radius 3 is 2.74 bits per heavy atom. The van der Waals surface area contributed by atoms with Crippen molar-refractivity contribution in [1.82, 2.24) is 0 Å². The van der Waals surface area contributed by atoms with E-state index in [1.165, 1.54) is 23.3 Å². The molecule has 1 unspecified atom stereocenters. The van der Waals surface area contributed by atoms with Gasteiger partial charge in [0.2, 0.25) is 5.82 Å². The van der Waals surface area contributed by atoms with Gasteiger partial charge in [0, 0.05) is 15.3 Å². The molecule has 2 aliphatic rings. The molecule has 0 amide bonds. The number of ether oxygens (including phenoxy) is 1. The van der Waals surface area contributed by atoms with E-state index < -0.39 is 11.6 Å². The molecule has 0 aliphatic heterocycles. The third-order valence-corrected chi connectivity index (χ3v) is 6.02. The van der Waals surface area contributed by atoms with Gasteiger partial charge in [-0.25, -0.2) is 4.39 Å². The second-order valence-corrected chi connectivity index (χ2v) is 8.03. The summed E-state index contributed by atoms with van der Waals surface area (Å²) in [6.07, 6.45) is 5.49. The van der Waals surface area contributed by atoms with Crippen LogP contribution in [0.25, 0.3) is 10.4 Å². The van der Waals surface area contributed by atoms with E-state index in [0.29, 0.717) is 18.1 Å². The lowest BCUT2D eigenvalue weighted by Crippen LogP contribution is -2.02. The van der Waals surface area contributed by atoms with Crippen LogP contribution in [-0.2, 0) is 12.8 Å². The van der Waals surface area contributed by atoms with Crippen molar-refractivity contribution in [2.75, 3.05) is 6.61 Å². The molecule has 2 aromatic rings. The van der Waals surface area contributed by atoms with E-state index in [1.54, 1.807) is 23.5 Å². The third kappa shape index (κ3) is 3.01. The zero-order chi connectivity index (χ0) is 16.0. The second-order valence-electron chi connectivity index (χ2n) is 6.89. The van der Waals surface area contributed by atoms with E-state index in [9.17, 15) is 8.78 Å². The second kappa shape index (κ2) is 5.90. The molecular formula is C19H20F2OS. The minimum Gasteiger partial charge on any atom is -0.490 e. The molecule has 23 heavy (non-hydrogen) atoms. The molecule has 4 heteroatoms. The Morgan fingerprint density at radius 2 is 2.00 bits per heavy atom. The van der Waals surface area contributed by atoms with Crippen LogP contribution in [0.15, 0.2) is 18.2 Å². The van der Waals surface area contributed by atoms with Crippen molar-refractivity contribution in [3.8, 4) is 16.2 Å². The van der Waals surface area contributed by atoms with E-state index in [0.717, 1.165) is 30.1 Å². The minimum atomic E-state index is -0.861. The molecule has 1 fully saturated rings. The highest BCUT2D eigenvalue weighted by atomic mass is 32.1. The monoisotopic (exact) mass is 334 g/mol. The Labute approximate surface area is 139 Å². The summed E-state index contributed by atoms with van der Waals surface area (Å²) < 4.78 is 34.1. The predicted molar refractivity (Wildman–Crippen MR) is 89.1 cm³/mol. The van der Waals surface area contributed by atoms with Gasteiger partial charge in [0.15, 0.2) is 11.6 Å². The molecule has 1 atom stereocenters. The highest BCUT2D eigenvalue weighted by Crippen LogP contribution is 2.40. The van der Waals surface area contributed by atoms with Gasteiger partial charge in [-0.3, -0.25) is 0 Å². The molecule has 1 heterocycles. The lowest BCUT2D eigenvalue weighted by atomic mass is 10.1. The van der Waals surface area contributed by atoms with Crippen LogP contribution in [0.2, 0.25) is 0 Å². The summed E-state index contributed by atoms with van der Waals surface area (Å²) in [4.78, 5) is 2.14. The average Bonchev–Trinajstić information content (AvgIpc) is 3.16. The first-order valence-electron chi connectivity index (χ1n) is 8.34. The number of benzene rings is 1. The van der Waals surface area contributed by atoms with E-state index >= 15 is 0 Å². The quantitative estimate of drug-likeness (QED) is 0.691. The SMILES string of the molecule is CC1Cc2cc(-c3ccc(OCCC4CC4)c(F)c3F)sc2C1. The number of fused-ring (bicyclic) bond motifs is 1. The number of halogens is 2.